The van der Waals surface area contributed by atoms with Gasteiger partial charge in [-0.25, -0.2) is 14.5 Å². The molecule has 2 aromatic heterocycles. The van der Waals surface area contributed by atoms with Gasteiger partial charge in [0.1, 0.15) is 0 Å². The molecule has 2 heterocycles. The highest BCUT2D eigenvalue weighted by atomic mass is 35.5. The van der Waals surface area contributed by atoms with Crippen LogP contribution >= 0.6 is 11.6 Å². The molecule has 1 atom stereocenters. The zero-order valence-corrected chi connectivity index (χ0v) is 15.9. The maximum Gasteiger partial charge on any atom is 0.337 e. The minimum atomic E-state index is -1.12. The van der Waals surface area contributed by atoms with Crippen molar-refractivity contribution in [3.63, 3.8) is 0 Å². The molecule has 1 unspecified atom stereocenters. The van der Waals surface area contributed by atoms with Crippen LogP contribution in [0.5, 0.6) is 0 Å². The van der Waals surface area contributed by atoms with E-state index < -0.39 is 5.97 Å². The molecule has 3 aromatic rings. The quantitative estimate of drug-likeness (QED) is 0.680. The molecular weight excluding hydrogens is 368 g/mol. The van der Waals surface area contributed by atoms with Gasteiger partial charge in [0, 0.05) is 11.4 Å². The van der Waals surface area contributed by atoms with Crippen molar-refractivity contribution in [3.8, 4) is 0 Å². The molecule has 140 valence electrons. The number of hydrogen-bond acceptors (Lipinski definition) is 4. The van der Waals surface area contributed by atoms with E-state index in [1.54, 1.807) is 12.3 Å². The van der Waals surface area contributed by atoms with E-state index in [2.05, 4.69) is 22.3 Å². The van der Waals surface area contributed by atoms with Crippen LogP contribution in [0.25, 0.3) is 11.0 Å². The number of amides is 1. The fourth-order valence-corrected chi connectivity index (χ4v) is 3.05. The number of aromatic nitrogens is 3. The van der Waals surface area contributed by atoms with Crippen LogP contribution in [0.1, 0.15) is 52.7 Å². The van der Waals surface area contributed by atoms with Crippen LogP contribution in [-0.4, -0.2) is 31.7 Å². The molecule has 0 fully saturated rings. The number of fused-ring (bicyclic) bond motifs is 1. The zero-order valence-electron chi connectivity index (χ0n) is 15.2. The number of carboxylic acids is 1. The van der Waals surface area contributed by atoms with Crippen molar-refractivity contribution < 1.29 is 14.7 Å². The number of hydrogen-bond donors (Lipinski definition) is 2. The summed E-state index contributed by atoms with van der Waals surface area (Å²) in [6.45, 7) is 5.93. The number of nitrogens with one attached hydrogen (secondary N) is 1. The van der Waals surface area contributed by atoms with Crippen LogP contribution in [0.3, 0.4) is 0 Å². The van der Waals surface area contributed by atoms with E-state index in [0.717, 1.165) is 6.42 Å². The number of halogens is 1. The number of carbonyl (C=O) groups excluding carboxylic acids is 1. The third-order valence-electron chi connectivity index (χ3n) is 4.41. The standard InChI is InChI=1S/C19H19ClN4O3/c1-4-11(3)24-17-15(9-21-24)14(7-10(2)22-17)18(25)23-12-5-6-13(19(26)27)16(20)8-12/h5-9,11H,4H2,1-3H3,(H,23,25)(H,26,27). The van der Waals surface area contributed by atoms with E-state index in [9.17, 15) is 9.59 Å². The summed E-state index contributed by atoms with van der Waals surface area (Å²) in [5, 5.41) is 16.9. The molecule has 0 bridgehead atoms. The second kappa shape index (κ2) is 7.36. The Hall–Kier alpha value is -2.93. The Morgan fingerprint density at radius 2 is 2.04 bits per heavy atom. The van der Waals surface area contributed by atoms with Crippen LogP contribution < -0.4 is 5.32 Å². The summed E-state index contributed by atoms with van der Waals surface area (Å²) in [5.74, 6) is -1.46. The van der Waals surface area contributed by atoms with Crippen molar-refractivity contribution in [1.82, 2.24) is 14.8 Å². The minimum Gasteiger partial charge on any atom is -0.478 e. The van der Waals surface area contributed by atoms with Gasteiger partial charge in [-0.1, -0.05) is 18.5 Å². The van der Waals surface area contributed by atoms with E-state index >= 15 is 0 Å². The number of aromatic carboxylic acids is 1. The number of carbonyl (C=O) groups is 2. The number of anilines is 1. The van der Waals surface area contributed by atoms with E-state index in [1.165, 1.54) is 18.2 Å². The molecule has 0 aliphatic heterocycles. The predicted octanol–water partition coefficient (Wildman–Crippen LogP) is 4.31. The van der Waals surface area contributed by atoms with E-state index in [0.29, 0.717) is 28.0 Å². The van der Waals surface area contributed by atoms with Crippen molar-refractivity contribution in [2.45, 2.75) is 33.2 Å². The van der Waals surface area contributed by atoms with Gasteiger partial charge in [0.05, 0.1) is 33.8 Å². The molecule has 0 aliphatic carbocycles. The summed E-state index contributed by atoms with van der Waals surface area (Å²) < 4.78 is 1.82. The van der Waals surface area contributed by atoms with Gasteiger partial charge in [-0.15, -0.1) is 0 Å². The summed E-state index contributed by atoms with van der Waals surface area (Å²) in [4.78, 5) is 28.4. The summed E-state index contributed by atoms with van der Waals surface area (Å²) in [6.07, 6.45) is 2.53. The molecule has 0 radical (unpaired) electrons. The average Bonchev–Trinajstić information content (AvgIpc) is 3.03. The molecule has 0 spiro atoms. The van der Waals surface area contributed by atoms with Gasteiger partial charge >= 0.3 is 5.97 Å². The van der Waals surface area contributed by atoms with Gasteiger partial charge in [0.2, 0.25) is 0 Å². The summed E-state index contributed by atoms with van der Waals surface area (Å²) in [7, 11) is 0. The molecule has 2 N–H and O–H groups in total. The Morgan fingerprint density at radius 3 is 2.67 bits per heavy atom. The van der Waals surface area contributed by atoms with Crippen LogP contribution in [0.4, 0.5) is 5.69 Å². The normalized spacial score (nSPS) is 12.1. The lowest BCUT2D eigenvalue weighted by molar-refractivity contribution is 0.0697. The largest absolute Gasteiger partial charge is 0.478 e. The first-order valence-corrected chi connectivity index (χ1v) is 8.88. The molecule has 3 rings (SSSR count). The zero-order chi connectivity index (χ0) is 19.7. The molecule has 1 amide bonds. The first-order chi connectivity index (χ1) is 12.8. The Labute approximate surface area is 161 Å². The van der Waals surface area contributed by atoms with Crippen LogP contribution in [0.15, 0.2) is 30.5 Å². The summed E-state index contributed by atoms with van der Waals surface area (Å²) >= 11 is 5.97. The van der Waals surface area contributed by atoms with Gasteiger partial charge in [-0.05, 0) is 44.5 Å². The summed E-state index contributed by atoms with van der Waals surface area (Å²) in [6, 6.07) is 6.13. The third kappa shape index (κ3) is 3.64. The van der Waals surface area contributed by atoms with Gasteiger partial charge in [0.15, 0.2) is 5.65 Å². The van der Waals surface area contributed by atoms with Crippen LogP contribution in [-0.2, 0) is 0 Å². The lowest BCUT2D eigenvalue weighted by Crippen LogP contribution is -2.14. The summed E-state index contributed by atoms with van der Waals surface area (Å²) in [5.41, 5.74) is 2.20. The maximum absolute atomic E-state index is 12.8. The van der Waals surface area contributed by atoms with Gasteiger partial charge in [-0.3, -0.25) is 4.79 Å². The molecule has 0 aliphatic rings. The lowest BCUT2D eigenvalue weighted by atomic mass is 10.1. The first-order valence-electron chi connectivity index (χ1n) is 8.50. The second-order valence-corrected chi connectivity index (χ2v) is 6.76. The SMILES string of the molecule is CCC(C)n1ncc2c(C(=O)Nc3ccc(C(=O)O)c(Cl)c3)cc(C)nc21. The van der Waals surface area contributed by atoms with Crippen molar-refractivity contribution in [2.75, 3.05) is 5.32 Å². The number of benzene rings is 1. The topological polar surface area (TPSA) is 97.1 Å². The Morgan fingerprint density at radius 1 is 1.30 bits per heavy atom. The number of carboxylic acid groups (broad SMARTS) is 1. The predicted molar refractivity (Wildman–Crippen MR) is 104 cm³/mol. The maximum atomic E-state index is 12.8. The van der Waals surface area contributed by atoms with Gasteiger partial charge < -0.3 is 10.4 Å². The van der Waals surface area contributed by atoms with Crippen LogP contribution in [0.2, 0.25) is 5.02 Å². The van der Waals surface area contributed by atoms with E-state index in [1.807, 2.05) is 18.5 Å². The van der Waals surface area contributed by atoms with Crippen LogP contribution in [0, 0.1) is 6.92 Å². The second-order valence-electron chi connectivity index (χ2n) is 6.35. The molecule has 0 saturated carbocycles. The smallest absolute Gasteiger partial charge is 0.337 e. The molecular formula is C19H19ClN4O3. The Bertz CT molecular complexity index is 1040. The van der Waals surface area contributed by atoms with Crippen molar-refractivity contribution in [2.24, 2.45) is 0 Å². The van der Waals surface area contributed by atoms with Crippen molar-refractivity contribution >= 4 is 40.2 Å². The highest BCUT2D eigenvalue weighted by Crippen LogP contribution is 2.25. The molecule has 27 heavy (non-hydrogen) atoms. The van der Waals surface area contributed by atoms with E-state index in [-0.39, 0.29) is 22.5 Å². The fourth-order valence-electron chi connectivity index (χ4n) is 2.79. The van der Waals surface area contributed by atoms with Gasteiger partial charge in [0.25, 0.3) is 5.91 Å². The first kappa shape index (κ1) is 18.8. The fraction of sp³-hybridized carbons (Fsp3) is 0.263. The number of rotatable bonds is 5. The monoisotopic (exact) mass is 386 g/mol. The molecule has 7 nitrogen and oxygen atoms in total. The molecule has 0 saturated heterocycles. The van der Waals surface area contributed by atoms with Crippen molar-refractivity contribution in [3.05, 3.63) is 52.3 Å². The third-order valence-corrected chi connectivity index (χ3v) is 4.72. The Kier molecular flexibility index (Phi) is 5.14. The number of aryl methyl sites for hydroxylation is 1. The number of pyridine rings is 1. The highest BCUT2D eigenvalue weighted by Gasteiger charge is 2.18. The lowest BCUT2D eigenvalue weighted by Gasteiger charge is -2.12. The van der Waals surface area contributed by atoms with Crippen molar-refractivity contribution in [1.29, 1.82) is 0 Å². The van der Waals surface area contributed by atoms with E-state index in [4.69, 9.17) is 16.7 Å². The molecule has 1 aromatic carbocycles. The van der Waals surface area contributed by atoms with Gasteiger partial charge in [-0.2, -0.15) is 5.10 Å². The molecule has 8 heteroatoms. The highest BCUT2D eigenvalue weighted by molar-refractivity contribution is 6.33. The minimum absolute atomic E-state index is 0.0216. The Balaban J connectivity index is 1.98. The average molecular weight is 387 g/mol. The number of nitrogens with zero attached hydrogens (tertiary/aromatic N) is 3.